The Balaban J connectivity index is 3.63. The lowest BCUT2D eigenvalue weighted by molar-refractivity contribution is -0.0563. The van der Waals surface area contributed by atoms with Gasteiger partial charge in [0.25, 0.3) is 0 Å². The summed E-state index contributed by atoms with van der Waals surface area (Å²) in [4.78, 5) is 0. The zero-order valence-corrected chi connectivity index (χ0v) is 6.23. The maximum absolute atomic E-state index is 11.9. The third-order valence-corrected chi connectivity index (χ3v) is 1.93. The van der Waals surface area contributed by atoms with Crippen molar-refractivity contribution in [3.05, 3.63) is 0 Å². The molecule has 0 radical (unpaired) electrons. The van der Waals surface area contributed by atoms with Crippen LogP contribution in [0, 0.1) is 0 Å². The van der Waals surface area contributed by atoms with Gasteiger partial charge in [-0.15, -0.1) is 0 Å². The van der Waals surface area contributed by atoms with Gasteiger partial charge in [-0.2, -0.15) is 8.78 Å². The third kappa shape index (κ3) is 3.29. The van der Waals surface area contributed by atoms with Gasteiger partial charge in [-0.3, -0.25) is 0 Å². The molecule has 0 rings (SSSR count). The van der Waals surface area contributed by atoms with Gasteiger partial charge in [-0.1, -0.05) is 18.7 Å². The Hall–Kier alpha value is 0.0700. The number of alkyl halides is 4. The molecule has 0 saturated carbocycles. The van der Waals surface area contributed by atoms with Crippen molar-refractivity contribution in [3.8, 4) is 0 Å². The predicted molar refractivity (Wildman–Crippen MR) is 33.7 cm³/mol. The lowest BCUT2D eigenvalue weighted by Crippen LogP contribution is -2.22. The summed E-state index contributed by atoms with van der Waals surface area (Å²) in [6.45, 7) is 1.66. The SMILES string of the molecule is CCCSC(F)(F)C(F)F. The van der Waals surface area contributed by atoms with Crippen molar-refractivity contribution in [1.29, 1.82) is 0 Å². The minimum absolute atomic E-state index is 0.00347. The van der Waals surface area contributed by atoms with E-state index in [-0.39, 0.29) is 17.5 Å². The van der Waals surface area contributed by atoms with E-state index in [0.717, 1.165) is 0 Å². The van der Waals surface area contributed by atoms with Crippen LogP contribution in [-0.4, -0.2) is 17.4 Å². The summed E-state index contributed by atoms with van der Waals surface area (Å²) >= 11 is 0.00347. The molecule has 0 N–H and O–H groups in total. The van der Waals surface area contributed by atoms with Crippen LogP contribution in [0.2, 0.25) is 0 Å². The van der Waals surface area contributed by atoms with Crippen molar-refractivity contribution in [1.82, 2.24) is 0 Å². The van der Waals surface area contributed by atoms with Crippen molar-refractivity contribution in [2.24, 2.45) is 0 Å². The first-order valence-electron chi connectivity index (χ1n) is 2.80. The van der Waals surface area contributed by atoms with Gasteiger partial charge in [-0.05, 0) is 12.2 Å². The van der Waals surface area contributed by atoms with E-state index < -0.39 is 11.7 Å². The van der Waals surface area contributed by atoms with Crippen molar-refractivity contribution in [2.45, 2.75) is 25.0 Å². The fraction of sp³-hybridized carbons (Fsp3) is 1.00. The van der Waals surface area contributed by atoms with Crippen LogP contribution in [0.15, 0.2) is 0 Å². The second kappa shape index (κ2) is 4.05. The summed E-state index contributed by atoms with van der Waals surface area (Å²) in [7, 11) is 0. The Kier molecular flexibility index (Phi) is 4.08. The van der Waals surface area contributed by atoms with Crippen LogP contribution in [0.4, 0.5) is 17.6 Å². The van der Waals surface area contributed by atoms with E-state index in [1.54, 1.807) is 6.92 Å². The maximum atomic E-state index is 11.9. The van der Waals surface area contributed by atoms with Crippen LogP contribution >= 0.6 is 11.8 Å². The molecule has 0 nitrogen and oxygen atoms in total. The van der Waals surface area contributed by atoms with Crippen LogP contribution < -0.4 is 0 Å². The predicted octanol–water partition coefficient (Wildman–Crippen LogP) is 2.99. The lowest BCUT2D eigenvalue weighted by atomic mass is 10.6. The van der Waals surface area contributed by atoms with Crippen LogP contribution in [-0.2, 0) is 0 Å². The van der Waals surface area contributed by atoms with E-state index >= 15 is 0 Å². The fourth-order valence-corrected chi connectivity index (χ4v) is 0.903. The molecule has 5 heteroatoms. The van der Waals surface area contributed by atoms with E-state index in [0.29, 0.717) is 6.42 Å². The van der Waals surface area contributed by atoms with Gasteiger partial charge in [-0.25, -0.2) is 8.78 Å². The summed E-state index contributed by atoms with van der Waals surface area (Å²) in [5.74, 6) is 0.0668. The summed E-state index contributed by atoms with van der Waals surface area (Å²) < 4.78 is 46.6. The Morgan fingerprint density at radius 1 is 1.40 bits per heavy atom. The molecule has 10 heavy (non-hydrogen) atoms. The number of rotatable bonds is 4. The first-order valence-corrected chi connectivity index (χ1v) is 3.79. The minimum Gasteiger partial charge on any atom is -0.202 e. The molecule has 0 amide bonds. The van der Waals surface area contributed by atoms with Gasteiger partial charge >= 0.3 is 11.7 Å². The number of hydrogen-bond acceptors (Lipinski definition) is 1. The van der Waals surface area contributed by atoms with Crippen molar-refractivity contribution < 1.29 is 17.6 Å². The van der Waals surface area contributed by atoms with E-state index in [1.807, 2.05) is 0 Å². The molecule has 0 spiro atoms. The van der Waals surface area contributed by atoms with Crippen LogP contribution in [0.1, 0.15) is 13.3 Å². The maximum Gasteiger partial charge on any atom is 0.353 e. The summed E-state index contributed by atoms with van der Waals surface area (Å²) in [5, 5.41) is -3.87. The second-order valence-corrected chi connectivity index (χ2v) is 2.95. The quantitative estimate of drug-likeness (QED) is 0.593. The average molecular weight is 176 g/mol. The highest BCUT2D eigenvalue weighted by molar-refractivity contribution is 8.00. The molecule has 0 aromatic carbocycles. The molecule has 0 fully saturated rings. The standard InChI is InChI=1S/C5H8F4S/c1-2-3-10-5(8,9)4(6)7/h4H,2-3H2,1H3. The monoisotopic (exact) mass is 176 g/mol. The van der Waals surface area contributed by atoms with E-state index in [2.05, 4.69) is 0 Å². The molecule has 0 bridgehead atoms. The molecule has 62 valence electrons. The molecular weight excluding hydrogens is 168 g/mol. The van der Waals surface area contributed by atoms with Crippen molar-refractivity contribution >= 4 is 11.8 Å². The largest absolute Gasteiger partial charge is 0.353 e. The van der Waals surface area contributed by atoms with Crippen LogP contribution in [0.3, 0.4) is 0 Å². The summed E-state index contributed by atoms with van der Waals surface area (Å²) in [6, 6.07) is 0. The summed E-state index contributed by atoms with van der Waals surface area (Å²) in [6.07, 6.45) is -3.07. The molecule has 0 saturated heterocycles. The van der Waals surface area contributed by atoms with E-state index in [9.17, 15) is 17.6 Å². The molecule has 0 aromatic rings. The van der Waals surface area contributed by atoms with E-state index in [4.69, 9.17) is 0 Å². The van der Waals surface area contributed by atoms with Gasteiger partial charge in [0.15, 0.2) is 0 Å². The molecule has 0 aliphatic heterocycles. The van der Waals surface area contributed by atoms with Gasteiger partial charge < -0.3 is 0 Å². The first-order chi connectivity index (χ1) is 4.50. The highest BCUT2D eigenvalue weighted by Gasteiger charge is 2.40. The Morgan fingerprint density at radius 3 is 2.20 bits per heavy atom. The zero-order chi connectivity index (χ0) is 8.20. The number of halogens is 4. The van der Waals surface area contributed by atoms with Crippen molar-refractivity contribution in [2.75, 3.05) is 5.75 Å². The molecular formula is C5H8F4S. The topological polar surface area (TPSA) is 0 Å². The highest BCUT2D eigenvalue weighted by atomic mass is 32.2. The normalized spacial score (nSPS) is 12.6. The second-order valence-electron chi connectivity index (χ2n) is 1.71. The molecule has 0 aliphatic carbocycles. The molecule has 0 unspecified atom stereocenters. The van der Waals surface area contributed by atoms with Gasteiger partial charge in [0.05, 0.1) is 0 Å². The number of hydrogen-bond donors (Lipinski definition) is 0. The molecule has 0 aliphatic rings. The Morgan fingerprint density at radius 2 is 1.90 bits per heavy atom. The highest BCUT2D eigenvalue weighted by Crippen LogP contribution is 2.35. The van der Waals surface area contributed by atoms with Gasteiger partial charge in [0, 0.05) is 0 Å². The first kappa shape index (κ1) is 10.1. The Bertz CT molecular complexity index is 93.6. The Labute approximate surface area is 61.0 Å². The minimum atomic E-state index is -3.87. The van der Waals surface area contributed by atoms with Gasteiger partial charge in [0.1, 0.15) is 0 Å². The molecule has 0 atom stereocenters. The smallest absolute Gasteiger partial charge is 0.202 e. The fourth-order valence-electron chi connectivity index (χ4n) is 0.301. The van der Waals surface area contributed by atoms with E-state index in [1.165, 1.54) is 0 Å². The molecule has 0 aromatic heterocycles. The summed E-state index contributed by atoms with van der Waals surface area (Å²) in [5.41, 5.74) is 0. The average Bonchev–Trinajstić information content (AvgIpc) is 1.84. The van der Waals surface area contributed by atoms with Crippen LogP contribution in [0.25, 0.3) is 0 Å². The zero-order valence-electron chi connectivity index (χ0n) is 5.41. The third-order valence-electron chi connectivity index (χ3n) is 0.753. The number of thioether (sulfide) groups is 1. The van der Waals surface area contributed by atoms with Crippen molar-refractivity contribution in [3.63, 3.8) is 0 Å². The van der Waals surface area contributed by atoms with Crippen LogP contribution in [0.5, 0.6) is 0 Å². The van der Waals surface area contributed by atoms with Gasteiger partial charge in [0.2, 0.25) is 0 Å². The molecule has 0 heterocycles. The lowest BCUT2D eigenvalue weighted by Gasteiger charge is -2.12.